The molecule has 3 aromatic heterocycles. The molecule has 0 aliphatic heterocycles. The van der Waals surface area contributed by atoms with Crippen LogP contribution in [-0.4, -0.2) is 32.7 Å². The summed E-state index contributed by atoms with van der Waals surface area (Å²) in [7, 11) is 0. The summed E-state index contributed by atoms with van der Waals surface area (Å²) in [5.41, 5.74) is 4.47. The van der Waals surface area contributed by atoms with E-state index in [0.29, 0.717) is 27.9 Å². The van der Waals surface area contributed by atoms with E-state index in [1.165, 1.54) is 12.1 Å². The molecule has 34 heavy (non-hydrogen) atoms. The van der Waals surface area contributed by atoms with Gasteiger partial charge in [-0.25, -0.2) is 4.98 Å². The minimum atomic E-state index is -4.78. The summed E-state index contributed by atoms with van der Waals surface area (Å²) >= 11 is 0. The van der Waals surface area contributed by atoms with Gasteiger partial charge in [0.25, 0.3) is 5.56 Å². The van der Waals surface area contributed by atoms with Gasteiger partial charge in [-0.1, -0.05) is 36.4 Å². The van der Waals surface area contributed by atoms with Crippen molar-refractivity contribution in [1.82, 2.24) is 19.6 Å². The molecule has 11 heteroatoms. The zero-order valence-corrected chi connectivity index (χ0v) is 17.8. The number of alkyl halides is 3. The van der Waals surface area contributed by atoms with Crippen molar-refractivity contribution in [3.05, 3.63) is 70.3 Å². The van der Waals surface area contributed by atoms with Crippen LogP contribution in [0.25, 0.3) is 39.3 Å². The molecule has 3 N–H and O–H groups in total. The standard InChI is InChI=1S/C23H18F3N5O3/c1-12-16(21-29-18-14(33-11-10-27)8-5-9-15(18)34-21)22(32)31-20(28-12)17(13-6-3-2-4-7-13)19(30-31)23(24,25)26/h2-9,28H,10-11,27H2,1H3. The largest absolute Gasteiger partial charge is 0.490 e. The lowest BCUT2D eigenvalue weighted by Crippen LogP contribution is -2.20. The van der Waals surface area contributed by atoms with Crippen LogP contribution in [0.3, 0.4) is 0 Å². The molecule has 174 valence electrons. The van der Waals surface area contributed by atoms with Crippen LogP contribution in [-0.2, 0) is 6.18 Å². The first-order chi connectivity index (χ1) is 16.3. The van der Waals surface area contributed by atoms with Crippen molar-refractivity contribution < 1.29 is 22.3 Å². The van der Waals surface area contributed by atoms with Gasteiger partial charge >= 0.3 is 6.18 Å². The van der Waals surface area contributed by atoms with Gasteiger partial charge in [0.2, 0.25) is 5.89 Å². The van der Waals surface area contributed by atoms with E-state index in [9.17, 15) is 18.0 Å². The molecular weight excluding hydrogens is 451 g/mol. The van der Waals surface area contributed by atoms with E-state index >= 15 is 0 Å². The molecule has 0 aliphatic rings. The second kappa shape index (κ2) is 8.03. The minimum absolute atomic E-state index is 0.0377. The minimum Gasteiger partial charge on any atom is -0.490 e. The van der Waals surface area contributed by atoms with E-state index < -0.39 is 17.4 Å². The summed E-state index contributed by atoms with van der Waals surface area (Å²) in [4.78, 5) is 20.7. The number of nitrogens with two attached hydrogens (primary N) is 1. The van der Waals surface area contributed by atoms with E-state index in [-0.39, 0.29) is 40.5 Å². The Hall–Kier alpha value is -4.12. The molecule has 0 saturated heterocycles. The Balaban J connectivity index is 1.76. The van der Waals surface area contributed by atoms with Gasteiger partial charge in [0.15, 0.2) is 16.8 Å². The summed E-state index contributed by atoms with van der Waals surface area (Å²) in [6.45, 7) is 2.11. The van der Waals surface area contributed by atoms with Crippen LogP contribution < -0.4 is 16.0 Å². The van der Waals surface area contributed by atoms with Crippen molar-refractivity contribution >= 4 is 16.7 Å². The highest BCUT2D eigenvalue weighted by atomic mass is 19.4. The topological polar surface area (TPSA) is 111 Å². The van der Waals surface area contributed by atoms with E-state index in [2.05, 4.69) is 15.1 Å². The summed E-state index contributed by atoms with van der Waals surface area (Å²) < 4.78 is 53.7. The number of nitrogens with zero attached hydrogens (tertiary/aromatic N) is 3. The number of oxazole rings is 1. The normalized spacial score (nSPS) is 12.0. The number of hydrogen-bond acceptors (Lipinski definition) is 6. The number of nitrogens with one attached hydrogen (secondary N) is 1. The highest BCUT2D eigenvalue weighted by Gasteiger charge is 2.39. The first kappa shape index (κ1) is 21.7. The zero-order chi connectivity index (χ0) is 24.0. The Morgan fingerprint density at radius 2 is 1.88 bits per heavy atom. The predicted molar refractivity (Wildman–Crippen MR) is 119 cm³/mol. The Morgan fingerprint density at radius 3 is 2.59 bits per heavy atom. The van der Waals surface area contributed by atoms with Crippen LogP contribution in [0.15, 0.2) is 57.7 Å². The number of para-hydroxylation sites is 1. The molecule has 0 atom stereocenters. The molecule has 2 aromatic carbocycles. The Kier molecular flexibility index (Phi) is 5.13. The highest BCUT2D eigenvalue weighted by Crippen LogP contribution is 2.38. The molecule has 5 aromatic rings. The van der Waals surface area contributed by atoms with Crippen LogP contribution in [0, 0.1) is 6.92 Å². The lowest BCUT2D eigenvalue weighted by Gasteiger charge is -2.07. The fourth-order valence-electron chi connectivity index (χ4n) is 3.83. The third kappa shape index (κ3) is 3.50. The Morgan fingerprint density at radius 1 is 1.12 bits per heavy atom. The lowest BCUT2D eigenvalue weighted by molar-refractivity contribution is -0.140. The number of aryl methyl sites for hydroxylation is 1. The first-order valence-corrected chi connectivity index (χ1v) is 10.3. The van der Waals surface area contributed by atoms with E-state index in [0.717, 1.165) is 0 Å². The second-order valence-electron chi connectivity index (χ2n) is 7.54. The fourth-order valence-corrected chi connectivity index (χ4v) is 3.83. The monoisotopic (exact) mass is 469 g/mol. The average molecular weight is 469 g/mol. The van der Waals surface area contributed by atoms with Crippen LogP contribution in [0.5, 0.6) is 5.75 Å². The number of H-pyrrole nitrogens is 1. The summed E-state index contributed by atoms with van der Waals surface area (Å²) in [5, 5.41) is 3.64. The highest BCUT2D eigenvalue weighted by molar-refractivity contribution is 5.84. The molecule has 0 saturated carbocycles. The Bertz CT molecular complexity index is 1570. The van der Waals surface area contributed by atoms with Gasteiger partial charge in [0.05, 0.1) is 5.56 Å². The van der Waals surface area contributed by atoms with E-state index in [1.807, 2.05) is 0 Å². The number of aromatic amines is 1. The van der Waals surface area contributed by atoms with Gasteiger partial charge in [0.1, 0.15) is 23.6 Å². The fraction of sp³-hybridized carbons (Fsp3) is 0.174. The molecule has 0 amide bonds. The first-order valence-electron chi connectivity index (χ1n) is 10.3. The van der Waals surface area contributed by atoms with E-state index in [4.69, 9.17) is 14.9 Å². The van der Waals surface area contributed by atoms with Crippen molar-refractivity contribution in [2.45, 2.75) is 13.1 Å². The molecule has 0 fully saturated rings. The number of fused-ring (bicyclic) bond motifs is 2. The number of aromatic nitrogens is 4. The van der Waals surface area contributed by atoms with Gasteiger partial charge in [-0.05, 0) is 24.6 Å². The molecule has 5 rings (SSSR count). The second-order valence-corrected chi connectivity index (χ2v) is 7.54. The van der Waals surface area contributed by atoms with Crippen LogP contribution in [0.2, 0.25) is 0 Å². The van der Waals surface area contributed by atoms with Crippen molar-refractivity contribution in [2.24, 2.45) is 5.73 Å². The van der Waals surface area contributed by atoms with Crippen molar-refractivity contribution in [3.8, 4) is 28.3 Å². The third-order valence-corrected chi connectivity index (χ3v) is 5.27. The van der Waals surface area contributed by atoms with Crippen LogP contribution in [0.4, 0.5) is 13.2 Å². The number of rotatable bonds is 5. The smallest absolute Gasteiger partial charge is 0.435 e. The van der Waals surface area contributed by atoms with Gasteiger partial charge in [0, 0.05) is 12.2 Å². The number of benzene rings is 2. The quantitative estimate of drug-likeness (QED) is 0.400. The summed E-state index contributed by atoms with van der Waals surface area (Å²) in [5.74, 6) is 0.350. The summed E-state index contributed by atoms with van der Waals surface area (Å²) in [6.07, 6.45) is -4.78. The van der Waals surface area contributed by atoms with Crippen molar-refractivity contribution in [3.63, 3.8) is 0 Å². The van der Waals surface area contributed by atoms with Crippen LogP contribution >= 0.6 is 0 Å². The average Bonchev–Trinajstić information content (AvgIpc) is 3.40. The SMILES string of the molecule is Cc1[nH]c2c(-c3ccccc3)c(C(F)(F)F)nn2c(=O)c1-c1nc2c(OCCN)cccc2o1. The maximum Gasteiger partial charge on any atom is 0.435 e. The number of ether oxygens (including phenoxy) is 1. The summed E-state index contributed by atoms with van der Waals surface area (Å²) in [6, 6.07) is 13.0. The maximum absolute atomic E-state index is 13.9. The van der Waals surface area contributed by atoms with Gasteiger partial charge in [-0.3, -0.25) is 4.79 Å². The van der Waals surface area contributed by atoms with Gasteiger partial charge in [-0.2, -0.15) is 22.8 Å². The van der Waals surface area contributed by atoms with E-state index in [1.54, 1.807) is 43.3 Å². The van der Waals surface area contributed by atoms with Crippen LogP contribution in [0.1, 0.15) is 11.4 Å². The molecule has 0 radical (unpaired) electrons. The molecule has 0 unspecified atom stereocenters. The molecule has 0 aliphatic carbocycles. The van der Waals surface area contributed by atoms with Crippen molar-refractivity contribution in [1.29, 1.82) is 0 Å². The number of halogens is 3. The van der Waals surface area contributed by atoms with Gasteiger partial charge in [-0.15, -0.1) is 0 Å². The number of hydrogen-bond donors (Lipinski definition) is 2. The molecule has 8 nitrogen and oxygen atoms in total. The zero-order valence-electron chi connectivity index (χ0n) is 17.8. The molecule has 0 bridgehead atoms. The molecule has 0 spiro atoms. The molecule has 3 heterocycles. The predicted octanol–water partition coefficient (Wildman–Crippen LogP) is 4.16. The Labute approximate surface area is 189 Å². The molecular formula is C23H18F3N5O3. The lowest BCUT2D eigenvalue weighted by atomic mass is 10.1. The van der Waals surface area contributed by atoms with Gasteiger partial charge < -0.3 is 19.9 Å². The maximum atomic E-state index is 13.9. The third-order valence-electron chi connectivity index (χ3n) is 5.27. The van der Waals surface area contributed by atoms with Crippen molar-refractivity contribution in [2.75, 3.05) is 13.2 Å².